The average Bonchev–Trinajstić information content (AvgIpc) is 2.25. The van der Waals surface area contributed by atoms with Crippen molar-refractivity contribution in [1.82, 2.24) is 10.2 Å². The molecule has 1 unspecified atom stereocenters. The van der Waals surface area contributed by atoms with Crippen LogP contribution in [0.3, 0.4) is 0 Å². The Balaban J connectivity index is 4.44. The molecule has 0 fully saturated rings. The van der Waals surface area contributed by atoms with E-state index < -0.39 is 0 Å². The lowest BCUT2D eigenvalue weighted by Crippen LogP contribution is -2.56. The molecule has 16 heavy (non-hydrogen) atoms. The van der Waals surface area contributed by atoms with Gasteiger partial charge in [-0.15, -0.1) is 6.58 Å². The van der Waals surface area contributed by atoms with Crippen LogP contribution in [-0.4, -0.2) is 36.6 Å². The van der Waals surface area contributed by atoms with Crippen LogP contribution in [0.2, 0.25) is 0 Å². The molecule has 0 aromatic carbocycles. The van der Waals surface area contributed by atoms with Crippen LogP contribution in [0, 0.1) is 0 Å². The lowest BCUT2D eigenvalue weighted by molar-refractivity contribution is 0.0900. The molecule has 0 aliphatic heterocycles. The molecule has 0 radical (unpaired) electrons. The highest BCUT2D eigenvalue weighted by molar-refractivity contribution is 4.92. The normalized spacial score (nSPS) is 14.1. The highest BCUT2D eigenvalue weighted by atomic mass is 15.2. The summed E-state index contributed by atoms with van der Waals surface area (Å²) in [5, 5.41) is 3.47. The van der Waals surface area contributed by atoms with E-state index in [0.717, 1.165) is 19.5 Å². The van der Waals surface area contributed by atoms with E-state index in [9.17, 15) is 0 Å². The van der Waals surface area contributed by atoms with Gasteiger partial charge in [-0.05, 0) is 53.2 Å². The topological polar surface area (TPSA) is 15.3 Å². The molecule has 0 aliphatic carbocycles. The van der Waals surface area contributed by atoms with Crippen molar-refractivity contribution in [2.45, 2.75) is 58.5 Å². The molecule has 1 atom stereocenters. The van der Waals surface area contributed by atoms with Gasteiger partial charge in [0.1, 0.15) is 0 Å². The maximum Gasteiger partial charge on any atom is 0.0305 e. The van der Waals surface area contributed by atoms with E-state index in [1.54, 1.807) is 0 Å². The Bertz CT molecular complexity index is 183. The molecule has 0 amide bonds. The predicted octanol–water partition coefficient (Wildman–Crippen LogP) is 3.05. The van der Waals surface area contributed by atoms with E-state index in [0.29, 0.717) is 6.04 Å². The first-order chi connectivity index (χ1) is 7.54. The minimum absolute atomic E-state index is 0.222. The van der Waals surface area contributed by atoms with E-state index in [4.69, 9.17) is 0 Å². The molecule has 0 saturated carbocycles. The van der Waals surface area contributed by atoms with Gasteiger partial charge in [-0.2, -0.15) is 0 Å². The molecule has 96 valence electrons. The van der Waals surface area contributed by atoms with Crippen molar-refractivity contribution >= 4 is 0 Å². The zero-order chi connectivity index (χ0) is 12.6. The Hall–Kier alpha value is -0.340. The summed E-state index contributed by atoms with van der Waals surface area (Å²) in [4.78, 5) is 2.53. The van der Waals surface area contributed by atoms with Gasteiger partial charge in [0.25, 0.3) is 0 Å². The van der Waals surface area contributed by atoms with Gasteiger partial charge in [0.15, 0.2) is 0 Å². The van der Waals surface area contributed by atoms with Crippen LogP contribution in [0.15, 0.2) is 12.7 Å². The first kappa shape index (κ1) is 15.7. The third-order valence-electron chi connectivity index (χ3n) is 3.68. The lowest BCUT2D eigenvalue weighted by atomic mass is 9.88. The van der Waals surface area contributed by atoms with Crippen molar-refractivity contribution in [3.05, 3.63) is 12.7 Å². The van der Waals surface area contributed by atoms with Gasteiger partial charge in [0, 0.05) is 11.6 Å². The number of nitrogens with one attached hydrogen (secondary N) is 1. The van der Waals surface area contributed by atoms with Crippen LogP contribution in [-0.2, 0) is 0 Å². The monoisotopic (exact) mass is 226 g/mol. The molecule has 1 N–H and O–H groups in total. The van der Waals surface area contributed by atoms with Gasteiger partial charge in [-0.3, -0.25) is 4.90 Å². The largest absolute Gasteiger partial charge is 0.315 e. The van der Waals surface area contributed by atoms with Crippen LogP contribution < -0.4 is 5.32 Å². The van der Waals surface area contributed by atoms with Crippen LogP contribution in [0.25, 0.3) is 0 Å². The van der Waals surface area contributed by atoms with E-state index in [1.165, 1.54) is 12.8 Å². The third-order valence-corrected chi connectivity index (χ3v) is 3.68. The fraction of sp³-hybridized carbons (Fsp3) is 0.857. The molecular weight excluding hydrogens is 196 g/mol. The number of unbranched alkanes of at least 4 members (excludes halogenated alkanes) is 1. The van der Waals surface area contributed by atoms with Crippen molar-refractivity contribution in [2.75, 3.05) is 20.1 Å². The van der Waals surface area contributed by atoms with Crippen LogP contribution >= 0.6 is 0 Å². The fourth-order valence-corrected chi connectivity index (χ4v) is 2.58. The van der Waals surface area contributed by atoms with Gasteiger partial charge in [-0.1, -0.05) is 19.9 Å². The first-order valence-corrected chi connectivity index (χ1v) is 6.57. The number of nitrogens with zero attached hydrogens (tertiary/aromatic N) is 1. The SMILES string of the molecule is C=CCCCC(NC)C(C)(C)N(CC)CC. The lowest BCUT2D eigenvalue weighted by Gasteiger charge is -2.43. The molecule has 0 aromatic rings. The van der Waals surface area contributed by atoms with E-state index >= 15 is 0 Å². The van der Waals surface area contributed by atoms with Crippen LogP contribution in [0.5, 0.6) is 0 Å². The predicted molar refractivity (Wildman–Crippen MR) is 73.9 cm³/mol. The van der Waals surface area contributed by atoms with Crippen molar-refractivity contribution in [3.63, 3.8) is 0 Å². The second-order valence-electron chi connectivity index (χ2n) is 4.89. The molecule has 0 bridgehead atoms. The van der Waals surface area contributed by atoms with E-state index in [1.807, 2.05) is 6.08 Å². The standard InChI is InChI=1S/C14H30N2/c1-7-10-11-12-13(15-6)14(4,5)16(8-2)9-3/h7,13,15H,1,8-12H2,2-6H3. The van der Waals surface area contributed by atoms with Crippen molar-refractivity contribution < 1.29 is 0 Å². The Morgan fingerprint density at radius 2 is 1.88 bits per heavy atom. The Morgan fingerprint density at radius 3 is 2.25 bits per heavy atom. The second kappa shape index (κ2) is 7.86. The molecule has 0 aromatic heterocycles. The van der Waals surface area contributed by atoms with Crippen LogP contribution in [0.1, 0.15) is 47.0 Å². The zero-order valence-electron chi connectivity index (χ0n) is 11.8. The van der Waals surface area contributed by atoms with E-state index in [2.05, 4.69) is 51.5 Å². The maximum atomic E-state index is 3.78. The number of hydrogen-bond donors (Lipinski definition) is 1. The molecular formula is C14H30N2. The summed E-state index contributed by atoms with van der Waals surface area (Å²) in [7, 11) is 2.07. The average molecular weight is 226 g/mol. The summed E-state index contributed by atoms with van der Waals surface area (Å²) in [6, 6.07) is 0.548. The van der Waals surface area contributed by atoms with Gasteiger partial charge in [0.05, 0.1) is 0 Å². The Labute approximate surface area is 102 Å². The third kappa shape index (κ3) is 4.26. The Morgan fingerprint density at radius 1 is 1.31 bits per heavy atom. The summed E-state index contributed by atoms with van der Waals surface area (Å²) in [6.45, 7) is 15.2. The van der Waals surface area contributed by atoms with Crippen molar-refractivity contribution in [2.24, 2.45) is 0 Å². The summed E-state index contributed by atoms with van der Waals surface area (Å²) < 4.78 is 0. The number of rotatable bonds is 9. The zero-order valence-corrected chi connectivity index (χ0v) is 11.8. The molecule has 0 saturated heterocycles. The summed E-state index contributed by atoms with van der Waals surface area (Å²) in [5.74, 6) is 0. The molecule has 2 heteroatoms. The van der Waals surface area contributed by atoms with Crippen molar-refractivity contribution in [1.29, 1.82) is 0 Å². The molecule has 0 spiro atoms. The second-order valence-corrected chi connectivity index (χ2v) is 4.89. The van der Waals surface area contributed by atoms with Gasteiger partial charge < -0.3 is 5.32 Å². The maximum absolute atomic E-state index is 3.78. The summed E-state index contributed by atoms with van der Waals surface area (Å²) in [5.41, 5.74) is 0.222. The van der Waals surface area contributed by atoms with Crippen molar-refractivity contribution in [3.8, 4) is 0 Å². The highest BCUT2D eigenvalue weighted by Gasteiger charge is 2.32. The van der Waals surface area contributed by atoms with Gasteiger partial charge in [-0.25, -0.2) is 0 Å². The number of hydrogen-bond acceptors (Lipinski definition) is 2. The minimum Gasteiger partial charge on any atom is -0.315 e. The molecule has 0 aliphatic rings. The summed E-state index contributed by atoms with van der Waals surface area (Å²) in [6.07, 6.45) is 5.56. The Kier molecular flexibility index (Phi) is 7.69. The highest BCUT2D eigenvalue weighted by Crippen LogP contribution is 2.22. The number of allylic oxidation sites excluding steroid dienone is 1. The van der Waals surface area contributed by atoms with Crippen LogP contribution in [0.4, 0.5) is 0 Å². The quantitative estimate of drug-likeness (QED) is 0.480. The molecule has 0 heterocycles. The molecule has 0 rings (SSSR count). The minimum atomic E-state index is 0.222. The smallest absolute Gasteiger partial charge is 0.0305 e. The molecule has 2 nitrogen and oxygen atoms in total. The number of likely N-dealkylation sites (N-methyl/N-ethyl adjacent to an activating group) is 2. The summed E-state index contributed by atoms with van der Waals surface area (Å²) >= 11 is 0. The van der Waals surface area contributed by atoms with Gasteiger partial charge in [0.2, 0.25) is 0 Å². The fourth-order valence-electron chi connectivity index (χ4n) is 2.58. The van der Waals surface area contributed by atoms with Gasteiger partial charge >= 0.3 is 0 Å². The van der Waals surface area contributed by atoms with E-state index in [-0.39, 0.29) is 5.54 Å². The first-order valence-electron chi connectivity index (χ1n) is 6.57.